The number of carboxylic acid groups (broad SMARTS) is 1. The molecule has 3 atom stereocenters. The summed E-state index contributed by atoms with van der Waals surface area (Å²) in [5.74, 6) is -0.853. The molecule has 5 heteroatoms. The van der Waals surface area contributed by atoms with E-state index in [-0.39, 0.29) is 12.5 Å². The van der Waals surface area contributed by atoms with Gasteiger partial charge in [-0.25, -0.2) is 0 Å². The Morgan fingerprint density at radius 2 is 1.61 bits per heavy atom. The molecule has 0 saturated heterocycles. The molecule has 5 nitrogen and oxygen atoms in total. The van der Waals surface area contributed by atoms with Crippen LogP contribution >= 0.6 is 0 Å². The summed E-state index contributed by atoms with van der Waals surface area (Å²) < 4.78 is 0. The molecule has 0 radical (unpaired) electrons. The third kappa shape index (κ3) is 15.8. The second-order valence-electron chi connectivity index (χ2n) is 6.25. The third-order valence-electron chi connectivity index (χ3n) is 3.88. The Morgan fingerprint density at radius 3 is 2.26 bits per heavy atom. The minimum Gasteiger partial charge on any atom is -0.481 e. The van der Waals surface area contributed by atoms with Crippen LogP contribution < -0.4 is 0 Å². The van der Waals surface area contributed by atoms with Crippen LogP contribution in [-0.4, -0.2) is 44.7 Å². The summed E-state index contributed by atoms with van der Waals surface area (Å²) in [6.07, 6.45) is 9.69. The Bertz CT molecular complexity index is 317. The van der Waals surface area contributed by atoms with Gasteiger partial charge in [-0.15, -0.1) is 0 Å². The summed E-state index contributed by atoms with van der Waals surface area (Å²) in [6, 6.07) is 0. The molecule has 0 heterocycles. The summed E-state index contributed by atoms with van der Waals surface area (Å²) in [5.41, 5.74) is 0. The number of unbranched alkanes of at least 4 members (excludes halogenated alkanes) is 3. The quantitative estimate of drug-likeness (QED) is 0.273. The highest BCUT2D eigenvalue weighted by molar-refractivity contribution is 5.66. The first kappa shape index (κ1) is 22.1. The summed E-state index contributed by atoms with van der Waals surface area (Å²) in [4.78, 5) is 10.4. The molecule has 0 amide bonds. The van der Waals surface area contributed by atoms with Crippen molar-refractivity contribution in [2.24, 2.45) is 0 Å². The lowest BCUT2D eigenvalue weighted by Crippen LogP contribution is -2.12. The monoisotopic (exact) mass is 330 g/mol. The van der Waals surface area contributed by atoms with Crippen molar-refractivity contribution < 1.29 is 25.2 Å². The van der Waals surface area contributed by atoms with E-state index in [0.717, 1.165) is 19.3 Å². The van der Waals surface area contributed by atoms with Gasteiger partial charge >= 0.3 is 5.97 Å². The van der Waals surface area contributed by atoms with Crippen LogP contribution in [-0.2, 0) is 4.79 Å². The Balaban J connectivity index is 3.67. The summed E-state index contributed by atoms with van der Waals surface area (Å²) >= 11 is 0. The van der Waals surface area contributed by atoms with Crippen molar-refractivity contribution in [3.8, 4) is 0 Å². The SMILES string of the molecule is CCCCCCC(O)C/C=C/C(O)CCC(O)CCCC(=O)O. The van der Waals surface area contributed by atoms with Crippen molar-refractivity contribution in [1.29, 1.82) is 0 Å². The topological polar surface area (TPSA) is 98.0 Å². The van der Waals surface area contributed by atoms with Crippen molar-refractivity contribution in [1.82, 2.24) is 0 Å². The smallest absolute Gasteiger partial charge is 0.303 e. The van der Waals surface area contributed by atoms with Crippen molar-refractivity contribution in [3.63, 3.8) is 0 Å². The van der Waals surface area contributed by atoms with Gasteiger partial charge in [-0.1, -0.05) is 44.8 Å². The van der Waals surface area contributed by atoms with Gasteiger partial charge in [0.1, 0.15) is 0 Å². The van der Waals surface area contributed by atoms with Gasteiger partial charge < -0.3 is 20.4 Å². The molecule has 0 saturated carbocycles. The third-order valence-corrected chi connectivity index (χ3v) is 3.88. The first-order valence-electron chi connectivity index (χ1n) is 8.88. The molecule has 3 unspecified atom stereocenters. The van der Waals surface area contributed by atoms with Gasteiger partial charge in [0, 0.05) is 6.42 Å². The Labute approximate surface area is 140 Å². The zero-order chi connectivity index (χ0) is 17.5. The van der Waals surface area contributed by atoms with Crippen LogP contribution in [0.3, 0.4) is 0 Å². The molecule has 0 fully saturated rings. The molecular formula is C18H34O5. The van der Waals surface area contributed by atoms with Gasteiger partial charge in [0.2, 0.25) is 0 Å². The van der Waals surface area contributed by atoms with E-state index >= 15 is 0 Å². The van der Waals surface area contributed by atoms with Crippen LogP contribution in [0, 0.1) is 0 Å². The van der Waals surface area contributed by atoms with E-state index in [0.29, 0.717) is 32.1 Å². The number of carboxylic acids is 1. The molecule has 0 bridgehead atoms. The highest BCUT2D eigenvalue weighted by Crippen LogP contribution is 2.11. The lowest BCUT2D eigenvalue weighted by atomic mass is 10.0. The molecule has 136 valence electrons. The Kier molecular flexibility index (Phi) is 14.1. The molecule has 0 aromatic carbocycles. The normalized spacial score (nSPS) is 15.7. The zero-order valence-corrected chi connectivity index (χ0v) is 14.4. The first-order valence-corrected chi connectivity index (χ1v) is 8.88. The number of rotatable bonds is 15. The molecule has 0 spiro atoms. The molecule has 23 heavy (non-hydrogen) atoms. The fourth-order valence-electron chi connectivity index (χ4n) is 2.41. The van der Waals surface area contributed by atoms with Crippen molar-refractivity contribution in [3.05, 3.63) is 12.2 Å². The van der Waals surface area contributed by atoms with E-state index in [1.165, 1.54) is 12.8 Å². The maximum absolute atomic E-state index is 10.4. The number of aliphatic hydroxyl groups is 3. The van der Waals surface area contributed by atoms with E-state index in [9.17, 15) is 20.1 Å². The van der Waals surface area contributed by atoms with E-state index in [1.807, 2.05) is 0 Å². The minimum atomic E-state index is -0.853. The average Bonchev–Trinajstić information content (AvgIpc) is 2.49. The minimum absolute atomic E-state index is 0.0651. The molecule has 0 rings (SSSR count). The van der Waals surface area contributed by atoms with E-state index in [2.05, 4.69) is 6.92 Å². The fourth-order valence-corrected chi connectivity index (χ4v) is 2.41. The molecule has 0 aliphatic carbocycles. The van der Waals surface area contributed by atoms with Crippen LogP contribution in [0.15, 0.2) is 12.2 Å². The highest BCUT2D eigenvalue weighted by Gasteiger charge is 2.09. The predicted octanol–water partition coefficient (Wildman–Crippen LogP) is 3.02. The summed E-state index contributed by atoms with van der Waals surface area (Å²) in [6.45, 7) is 2.16. The van der Waals surface area contributed by atoms with Crippen molar-refractivity contribution >= 4 is 5.97 Å². The van der Waals surface area contributed by atoms with Gasteiger partial charge in [-0.3, -0.25) is 4.79 Å². The molecule has 0 aromatic heterocycles. The Morgan fingerprint density at radius 1 is 0.913 bits per heavy atom. The molecule has 4 N–H and O–H groups in total. The van der Waals surface area contributed by atoms with Gasteiger partial charge in [-0.05, 0) is 38.5 Å². The van der Waals surface area contributed by atoms with Gasteiger partial charge in [0.05, 0.1) is 18.3 Å². The predicted molar refractivity (Wildman–Crippen MR) is 91.3 cm³/mol. The van der Waals surface area contributed by atoms with E-state index in [4.69, 9.17) is 5.11 Å². The van der Waals surface area contributed by atoms with Gasteiger partial charge in [0.25, 0.3) is 0 Å². The van der Waals surface area contributed by atoms with Crippen LogP contribution in [0.2, 0.25) is 0 Å². The summed E-state index contributed by atoms with van der Waals surface area (Å²) in [7, 11) is 0. The first-order chi connectivity index (χ1) is 11.0. The number of hydrogen-bond acceptors (Lipinski definition) is 4. The molecular weight excluding hydrogens is 296 g/mol. The largest absolute Gasteiger partial charge is 0.481 e. The van der Waals surface area contributed by atoms with Crippen molar-refractivity contribution in [2.45, 2.75) is 95.9 Å². The lowest BCUT2D eigenvalue weighted by molar-refractivity contribution is -0.137. The summed E-state index contributed by atoms with van der Waals surface area (Å²) in [5, 5.41) is 37.8. The lowest BCUT2D eigenvalue weighted by Gasteiger charge is -2.12. The molecule has 0 aliphatic rings. The number of aliphatic carboxylic acids is 1. The average molecular weight is 330 g/mol. The van der Waals surface area contributed by atoms with Crippen molar-refractivity contribution in [2.75, 3.05) is 0 Å². The van der Waals surface area contributed by atoms with Crippen LogP contribution in [0.25, 0.3) is 0 Å². The van der Waals surface area contributed by atoms with Gasteiger partial charge in [-0.2, -0.15) is 0 Å². The standard InChI is InChI=1S/C18H34O5/c1-2-3-4-5-8-15(19)9-6-10-16(20)13-14-17(21)11-7-12-18(22)23/h6,10,15-17,19-21H,2-5,7-9,11-14H2,1H3,(H,22,23)/b10-6+. The highest BCUT2D eigenvalue weighted by atomic mass is 16.4. The second-order valence-corrected chi connectivity index (χ2v) is 6.25. The van der Waals surface area contributed by atoms with Crippen LogP contribution in [0.1, 0.15) is 77.6 Å². The zero-order valence-electron chi connectivity index (χ0n) is 14.4. The molecule has 0 aliphatic heterocycles. The van der Waals surface area contributed by atoms with E-state index < -0.39 is 18.2 Å². The van der Waals surface area contributed by atoms with Crippen LogP contribution in [0.5, 0.6) is 0 Å². The fraction of sp³-hybridized carbons (Fsp3) is 0.833. The Hall–Kier alpha value is -0.910. The number of carbonyl (C=O) groups is 1. The van der Waals surface area contributed by atoms with Gasteiger partial charge in [0.15, 0.2) is 0 Å². The molecule has 0 aromatic rings. The maximum Gasteiger partial charge on any atom is 0.303 e. The number of hydrogen-bond donors (Lipinski definition) is 4. The maximum atomic E-state index is 10.4. The second kappa shape index (κ2) is 14.7. The number of aliphatic hydroxyl groups excluding tert-OH is 3. The van der Waals surface area contributed by atoms with E-state index in [1.54, 1.807) is 12.2 Å². The van der Waals surface area contributed by atoms with Crippen LogP contribution in [0.4, 0.5) is 0 Å².